The Balaban J connectivity index is 1.45. The van der Waals surface area contributed by atoms with Crippen molar-refractivity contribution in [2.24, 2.45) is 0 Å². The van der Waals surface area contributed by atoms with Crippen molar-refractivity contribution >= 4 is 28.9 Å². The van der Waals surface area contributed by atoms with E-state index in [2.05, 4.69) is 25.5 Å². The lowest BCUT2D eigenvalue weighted by Crippen LogP contribution is -2.28. The fourth-order valence-corrected chi connectivity index (χ4v) is 3.38. The van der Waals surface area contributed by atoms with Gasteiger partial charge in [-0.25, -0.2) is 9.97 Å². The molecule has 122 valence electrons. The highest BCUT2D eigenvalue weighted by Gasteiger charge is 2.14. The van der Waals surface area contributed by atoms with Gasteiger partial charge in [-0.2, -0.15) is 0 Å². The highest BCUT2D eigenvalue weighted by molar-refractivity contribution is 7.12. The Morgan fingerprint density at radius 3 is 2.83 bits per heavy atom. The van der Waals surface area contributed by atoms with Crippen LogP contribution in [-0.4, -0.2) is 42.1 Å². The molecule has 2 aromatic heterocycles. The average molecular weight is 331 g/mol. The van der Waals surface area contributed by atoms with Crippen LogP contribution in [0.4, 0.5) is 11.6 Å². The lowest BCUT2D eigenvalue weighted by atomic mass is 10.3. The van der Waals surface area contributed by atoms with Gasteiger partial charge in [0.1, 0.15) is 18.0 Å². The molecule has 0 spiro atoms. The van der Waals surface area contributed by atoms with Gasteiger partial charge in [-0.15, -0.1) is 11.3 Å². The molecule has 3 rings (SSSR count). The minimum Gasteiger partial charge on any atom is -0.368 e. The summed E-state index contributed by atoms with van der Waals surface area (Å²) in [5.41, 5.74) is 1.12. The number of hydrogen-bond acceptors (Lipinski definition) is 6. The number of carbonyl (C=O) groups is 1. The molecular formula is C16H21N5OS. The lowest BCUT2D eigenvalue weighted by molar-refractivity contribution is 0.0959. The monoisotopic (exact) mass is 331 g/mol. The molecule has 0 bridgehead atoms. The summed E-state index contributed by atoms with van der Waals surface area (Å²) in [6.45, 7) is 5.30. The summed E-state index contributed by atoms with van der Waals surface area (Å²) in [7, 11) is 0. The Morgan fingerprint density at radius 2 is 2.09 bits per heavy atom. The topological polar surface area (TPSA) is 70.2 Å². The van der Waals surface area contributed by atoms with Crippen molar-refractivity contribution in [3.63, 3.8) is 0 Å². The maximum absolute atomic E-state index is 11.9. The zero-order valence-electron chi connectivity index (χ0n) is 13.2. The predicted molar refractivity (Wildman–Crippen MR) is 93.4 cm³/mol. The second kappa shape index (κ2) is 7.41. The Bertz CT molecular complexity index is 666. The van der Waals surface area contributed by atoms with Gasteiger partial charge in [0.15, 0.2) is 0 Å². The quantitative estimate of drug-likeness (QED) is 0.795. The first kappa shape index (κ1) is 15.7. The molecule has 0 aliphatic carbocycles. The van der Waals surface area contributed by atoms with Crippen molar-refractivity contribution in [3.05, 3.63) is 34.3 Å². The van der Waals surface area contributed by atoms with Gasteiger partial charge in [0.05, 0.1) is 4.88 Å². The smallest absolute Gasteiger partial charge is 0.261 e. The molecule has 0 atom stereocenters. The van der Waals surface area contributed by atoms with Crippen LogP contribution in [0.2, 0.25) is 0 Å². The van der Waals surface area contributed by atoms with E-state index >= 15 is 0 Å². The number of rotatable bonds is 6. The third kappa shape index (κ3) is 4.19. The van der Waals surface area contributed by atoms with Gasteiger partial charge in [-0.05, 0) is 36.8 Å². The fourth-order valence-electron chi connectivity index (χ4n) is 2.57. The van der Waals surface area contributed by atoms with Crippen molar-refractivity contribution in [2.45, 2.75) is 19.8 Å². The maximum Gasteiger partial charge on any atom is 0.261 e. The van der Waals surface area contributed by atoms with Crippen molar-refractivity contribution in [2.75, 3.05) is 36.4 Å². The van der Waals surface area contributed by atoms with Crippen LogP contribution in [0.3, 0.4) is 0 Å². The van der Waals surface area contributed by atoms with Gasteiger partial charge in [0.2, 0.25) is 0 Å². The summed E-state index contributed by atoms with van der Waals surface area (Å²) >= 11 is 1.47. The number of thiophene rings is 1. The summed E-state index contributed by atoms with van der Waals surface area (Å²) in [6.07, 6.45) is 4.03. The molecule has 2 N–H and O–H groups in total. The Morgan fingerprint density at radius 1 is 1.26 bits per heavy atom. The van der Waals surface area contributed by atoms with Gasteiger partial charge in [-0.1, -0.05) is 0 Å². The van der Waals surface area contributed by atoms with Crippen LogP contribution < -0.4 is 15.5 Å². The van der Waals surface area contributed by atoms with Gasteiger partial charge in [0, 0.05) is 32.2 Å². The number of nitrogens with one attached hydrogen (secondary N) is 2. The molecule has 0 radical (unpaired) electrons. The number of hydrogen-bond donors (Lipinski definition) is 2. The summed E-state index contributed by atoms with van der Waals surface area (Å²) in [6, 6.07) is 3.87. The second-order valence-corrected chi connectivity index (χ2v) is 6.54. The zero-order valence-corrected chi connectivity index (χ0v) is 14.0. The SMILES string of the molecule is Cc1csc(C(=O)NCCNc2cc(N3CCCC3)ncn2)c1. The minimum absolute atomic E-state index is 0.0228. The van der Waals surface area contributed by atoms with Crippen molar-refractivity contribution in [1.29, 1.82) is 0 Å². The molecule has 2 aromatic rings. The lowest BCUT2D eigenvalue weighted by Gasteiger charge is -2.16. The fraction of sp³-hybridized carbons (Fsp3) is 0.438. The largest absolute Gasteiger partial charge is 0.368 e. The third-order valence-electron chi connectivity index (χ3n) is 3.75. The summed E-state index contributed by atoms with van der Waals surface area (Å²) in [5, 5.41) is 8.12. The molecule has 6 nitrogen and oxygen atoms in total. The van der Waals surface area contributed by atoms with Crippen molar-refractivity contribution in [1.82, 2.24) is 15.3 Å². The molecule has 0 saturated carbocycles. The van der Waals surface area contributed by atoms with Crippen molar-refractivity contribution in [3.8, 4) is 0 Å². The van der Waals surface area contributed by atoms with Crippen LogP contribution in [-0.2, 0) is 0 Å². The Hall–Kier alpha value is -2.15. The number of aryl methyl sites for hydroxylation is 1. The predicted octanol–water partition coefficient (Wildman–Crippen LogP) is 2.29. The maximum atomic E-state index is 11.9. The summed E-state index contributed by atoms with van der Waals surface area (Å²) < 4.78 is 0. The number of anilines is 2. The molecule has 1 saturated heterocycles. The van der Waals surface area contributed by atoms with Crippen LogP contribution in [0, 0.1) is 6.92 Å². The summed E-state index contributed by atoms with van der Waals surface area (Å²) in [5.74, 6) is 1.74. The van der Waals surface area contributed by atoms with E-state index in [0.29, 0.717) is 13.1 Å². The first-order valence-corrected chi connectivity index (χ1v) is 8.74. The molecule has 1 aliphatic heterocycles. The van der Waals surface area contributed by atoms with Crippen LogP contribution >= 0.6 is 11.3 Å². The molecule has 0 aromatic carbocycles. The molecule has 7 heteroatoms. The van der Waals surface area contributed by atoms with Gasteiger partial charge < -0.3 is 15.5 Å². The molecule has 1 aliphatic rings. The van der Waals surface area contributed by atoms with E-state index in [0.717, 1.165) is 35.2 Å². The number of amides is 1. The van der Waals surface area contributed by atoms with Gasteiger partial charge in [0.25, 0.3) is 5.91 Å². The molecule has 23 heavy (non-hydrogen) atoms. The average Bonchev–Trinajstić information content (AvgIpc) is 3.23. The van der Waals surface area contributed by atoms with E-state index in [1.54, 1.807) is 6.33 Å². The molecule has 0 unspecified atom stereocenters. The molecule has 3 heterocycles. The highest BCUT2D eigenvalue weighted by Crippen LogP contribution is 2.19. The third-order valence-corrected chi connectivity index (χ3v) is 4.80. The van der Waals surface area contributed by atoms with Crippen LogP contribution in [0.5, 0.6) is 0 Å². The first-order chi connectivity index (χ1) is 11.2. The zero-order chi connectivity index (χ0) is 16.1. The summed E-state index contributed by atoms with van der Waals surface area (Å²) in [4.78, 5) is 23.5. The second-order valence-electron chi connectivity index (χ2n) is 5.63. The number of nitrogens with zero attached hydrogens (tertiary/aromatic N) is 3. The van der Waals surface area contributed by atoms with Crippen molar-refractivity contribution < 1.29 is 4.79 Å². The van der Waals surface area contributed by atoms with Crippen LogP contribution in [0.15, 0.2) is 23.8 Å². The molecule has 1 amide bonds. The molecular weight excluding hydrogens is 310 g/mol. The standard InChI is InChI=1S/C16H21N5OS/c1-12-8-13(23-10-12)16(22)18-5-4-17-14-9-15(20-11-19-14)21-6-2-3-7-21/h8-11H,2-7H2,1H3,(H,18,22)(H,17,19,20). The van der Waals surface area contributed by atoms with Gasteiger partial charge in [-0.3, -0.25) is 4.79 Å². The van der Waals surface area contributed by atoms with E-state index in [9.17, 15) is 4.79 Å². The van der Waals surface area contributed by atoms with E-state index in [-0.39, 0.29) is 5.91 Å². The Kier molecular flexibility index (Phi) is 5.07. The number of aromatic nitrogens is 2. The van der Waals surface area contributed by atoms with E-state index < -0.39 is 0 Å². The number of carbonyl (C=O) groups excluding carboxylic acids is 1. The van der Waals surface area contributed by atoms with E-state index in [1.165, 1.54) is 24.2 Å². The highest BCUT2D eigenvalue weighted by atomic mass is 32.1. The van der Waals surface area contributed by atoms with E-state index in [4.69, 9.17) is 0 Å². The normalized spacial score (nSPS) is 14.0. The van der Waals surface area contributed by atoms with E-state index in [1.807, 2.05) is 24.4 Å². The minimum atomic E-state index is -0.0228. The van der Waals surface area contributed by atoms with Crippen LogP contribution in [0.25, 0.3) is 0 Å². The van der Waals surface area contributed by atoms with Crippen LogP contribution in [0.1, 0.15) is 28.1 Å². The Labute approximate surface area is 140 Å². The molecule has 1 fully saturated rings. The van der Waals surface area contributed by atoms with Gasteiger partial charge >= 0.3 is 0 Å². The first-order valence-electron chi connectivity index (χ1n) is 7.86.